The van der Waals surface area contributed by atoms with Crippen LogP contribution in [-0.2, 0) is 9.47 Å². The van der Waals surface area contributed by atoms with Gasteiger partial charge in [-0.2, -0.15) is 0 Å². The van der Waals surface area contributed by atoms with Gasteiger partial charge in [-0.25, -0.2) is 0 Å². The standard InChI is InChI=1S/C52H44N2O4/c1-33-25-27-35-15-5-9-19-39(35)47(33)49-41-21-11-7-17-37(41)29-45(51(49)57-31-55-3)53-43-23-13-14-24-44(43)54-46-30-38-18-8-12-22-42(38)50(52(46)58-32-56-4)48-34(2)26-28-36-16-6-10-20-40(36)48/h5-30,53-54H,31-32H2,1-4H3. The molecule has 0 amide bonds. The summed E-state index contributed by atoms with van der Waals surface area (Å²) in [5.74, 6) is 1.41. The largest absolute Gasteiger partial charge is 0.465 e. The zero-order chi connectivity index (χ0) is 39.6. The highest BCUT2D eigenvalue weighted by Gasteiger charge is 2.24. The Kier molecular flexibility index (Phi) is 10.1. The van der Waals surface area contributed by atoms with Crippen LogP contribution in [0.4, 0.5) is 22.7 Å². The zero-order valence-electron chi connectivity index (χ0n) is 33.1. The Hall–Kier alpha value is -6.86. The number of ether oxygens (including phenoxy) is 4. The van der Waals surface area contributed by atoms with Crippen LogP contribution in [0.1, 0.15) is 11.1 Å². The molecule has 0 unspecified atom stereocenters. The van der Waals surface area contributed by atoms with E-state index in [0.29, 0.717) is 11.5 Å². The van der Waals surface area contributed by atoms with Crippen molar-refractivity contribution in [2.75, 3.05) is 38.4 Å². The Labute approximate surface area is 338 Å². The predicted molar refractivity (Wildman–Crippen MR) is 241 cm³/mol. The summed E-state index contributed by atoms with van der Waals surface area (Å²) in [5.41, 5.74) is 9.93. The molecule has 9 rings (SSSR count). The van der Waals surface area contributed by atoms with Gasteiger partial charge in [0.2, 0.25) is 0 Å². The van der Waals surface area contributed by atoms with E-state index in [-0.39, 0.29) is 13.6 Å². The van der Waals surface area contributed by atoms with Gasteiger partial charge in [-0.1, -0.05) is 133 Å². The fourth-order valence-corrected chi connectivity index (χ4v) is 8.29. The molecule has 0 spiro atoms. The van der Waals surface area contributed by atoms with Crippen molar-refractivity contribution in [1.29, 1.82) is 0 Å². The number of methoxy groups -OCH3 is 2. The van der Waals surface area contributed by atoms with E-state index in [4.69, 9.17) is 18.9 Å². The SMILES string of the molecule is COCOc1c(Nc2ccccc2Nc2cc3ccccc3c(-c3c(C)ccc4ccccc34)c2OCOC)cc2ccccc2c1-c1c(C)ccc2ccccc12. The second-order valence-corrected chi connectivity index (χ2v) is 14.6. The minimum atomic E-state index is 0.0807. The Bertz CT molecular complexity index is 2770. The Morgan fingerprint density at radius 1 is 0.362 bits per heavy atom. The lowest BCUT2D eigenvalue weighted by Gasteiger charge is -2.24. The summed E-state index contributed by atoms with van der Waals surface area (Å²) in [5, 5.41) is 16.6. The van der Waals surface area contributed by atoms with Crippen LogP contribution in [-0.4, -0.2) is 27.8 Å². The third-order valence-corrected chi connectivity index (χ3v) is 10.9. The second-order valence-electron chi connectivity index (χ2n) is 14.6. The van der Waals surface area contributed by atoms with E-state index in [2.05, 4.69) is 170 Å². The molecule has 0 aliphatic carbocycles. The van der Waals surface area contributed by atoms with Gasteiger partial charge in [-0.15, -0.1) is 0 Å². The number of para-hydroxylation sites is 2. The summed E-state index contributed by atoms with van der Waals surface area (Å²) in [6.07, 6.45) is 0. The van der Waals surface area contributed by atoms with Crippen molar-refractivity contribution < 1.29 is 18.9 Å². The van der Waals surface area contributed by atoms with E-state index in [9.17, 15) is 0 Å². The highest BCUT2D eigenvalue weighted by atomic mass is 16.7. The van der Waals surface area contributed by atoms with Gasteiger partial charge < -0.3 is 29.6 Å². The van der Waals surface area contributed by atoms with Crippen molar-refractivity contribution in [1.82, 2.24) is 0 Å². The van der Waals surface area contributed by atoms with Gasteiger partial charge in [0, 0.05) is 25.3 Å². The number of benzene rings is 9. The van der Waals surface area contributed by atoms with Crippen molar-refractivity contribution in [2.24, 2.45) is 0 Å². The molecule has 0 bridgehead atoms. The van der Waals surface area contributed by atoms with E-state index < -0.39 is 0 Å². The molecular formula is C52H44N2O4. The van der Waals surface area contributed by atoms with E-state index in [1.807, 2.05) is 12.1 Å². The smallest absolute Gasteiger partial charge is 0.188 e. The monoisotopic (exact) mass is 760 g/mol. The molecule has 0 aliphatic heterocycles. The van der Waals surface area contributed by atoms with Gasteiger partial charge >= 0.3 is 0 Å². The molecule has 2 N–H and O–H groups in total. The van der Waals surface area contributed by atoms with Gasteiger partial charge in [0.1, 0.15) is 0 Å². The van der Waals surface area contributed by atoms with E-state index in [0.717, 1.165) is 99.2 Å². The summed E-state index contributed by atoms with van der Waals surface area (Å²) in [6.45, 7) is 4.49. The molecule has 0 heterocycles. The summed E-state index contributed by atoms with van der Waals surface area (Å²) in [6, 6.07) is 55.3. The molecular weight excluding hydrogens is 717 g/mol. The molecule has 0 atom stereocenters. The second kappa shape index (κ2) is 15.9. The summed E-state index contributed by atoms with van der Waals surface area (Å²) >= 11 is 0. The minimum Gasteiger partial charge on any atom is -0.465 e. The van der Waals surface area contributed by atoms with E-state index in [1.165, 1.54) is 0 Å². The fourth-order valence-electron chi connectivity index (χ4n) is 8.29. The van der Waals surface area contributed by atoms with Crippen molar-refractivity contribution in [3.8, 4) is 33.8 Å². The lowest BCUT2D eigenvalue weighted by atomic mass is 9.89. The zero-order valence-corrected chi connectivity index (χ0v) is 33.1. The summed E-state index contributed by atoms with van der Waals surface area (Å²) in [7, 11) is 3.30. The predicted octanol–water partition coefficient (Wildman–Crippen LogP) is 13.7. The lowest BCUT2D eigenvalue weighted by molar-refractivity contribution is 0.0520. The number of hydrogen-bond donors (Lipinski definition) is 2. The third-order valence-electron chi connectivity index (χ3n) is 10.9. The molecule has 9 aromatic rings. The molecule has 0 fully saturated rings. The number of hydrogen-bond acceptors (Lipinski definition) is 6. The van der Waals surface area contributed by atoms with Crippen LogP contribution in [0.2, 0.25) is 0 Å². The first-order chi connectivity index (χ1) is 28.5. The van der Waals surface area contributed by atoms with E-state index in [1.54, 1.807) is 14.2 Å². The minimum absolute atomic E-state index is 0.0807. The Morgan fingerprint density at radius 3 is 1.10 bits per heavy atom. The number of nitrogens with one attached hydrogen (secondary N) is 2. The number of aryl methyl sites for hydroxylation is 2. The topological polar surface area (TPSA) is 61.0 Å². The van der Waals surface area contributed by atoms with Crippen molar-refractivity contribution >= 4 is 65.8 Å². The van der Waals surface area contributed by atoms with Crippen LogP contribution in [0, 0.1) is 13.8 Å². The molecule has 0 radical (unpaired) electrons. The van der Waals surface area contributed by atoms with Crippen LogP contribution in [0.3, 0.4) is 0 Å². The molecule has 6 heteroatoms. The van der Waals surface area contributed by atoms with Crippen LogP contribution in [0.15, 0.2) is 158 Å². The molecule has 58 heavy (non-hydrogen) atoms. The average molecular weight is 761 g/mol. The van der Waals surface area contributed by atoms with Crippen molar-refractivity contribution in [2.45, 2.75) is 13.8 Å². The molecule has 0 aliphatic rings. The summed E-state index contributed by atoms with van der Waals surface area (Å²) in [4.78, 5) is 0. The number of anilines is 4. The van der Waals surface area contributed by atoms with E-state index >= 15 is 0 Å². The normalized spacial score (nSPS) is 11.4. The fraction of sp³-hybridized carbons (Fsp3) is 0.115. The van der Waals surface area contributed by atoms with Gasteiger partial charge in [-0.05, 0) is 103 Å². The van der Waals surface area contributed by atoms with Crippen LogP contribution < -0.4 is 20.1 Å². The van der Waals surface area contributed by atoms with Crippen LogP contribution >= 0.6 is 0 Å². The van der Waals surface area contributed by atoms with Gasteiger partial charge in [0.05, 0.1) is 22.7 Å². The summed E-state index contributed by atoms with van der Waals surface area (Å²) < 4.78 is 24.3. The average Bonchev–Trinajstić information content (AvgIpc) is 3.25. The third kappa shape index (κ3) is 6.72. The first kappa shape index (κ1) is 36.8. The quantitative estimate of drug-likeness (QED) is 0.121. The molecule has 0 saturated carbocycles. The van der Waals surface area contributed by atoms with Crippen LogP contribution in [0.25, 0.3) is 65.3 Å². The van der Waals surface area contributed by atoms with Gasteiger partial charge in [0.25, 0.3) is 0 Å². The maximum Gasteiger partial charge on any atom is 0.188 e. The first-order valence-corrected chi connectivity index (χ1v) is 19.5. The highest BCUT2D eigenvalue weighted by molar-refractivity contribution is 6.13. The number of rotatable bonds is 12. The lowest BCUT2D eigenvalue weighted by Crippen LogP contribution is -2.07. The van der Waals surface area contributed by atoms with Crippen LogP contribution in [0.5, 0.6) is 11.5 Å². The van der Waals surface area contributed by atoms with Gasteiger partial charge in [-0.3, -0.25) is 0 Å². The van der Waals surface area contributed by atoms with Gasteiger partial charge in [0.15, 0.2) is 25.1 Å². The maximum atomic E-state index is 6.60. The molecule has 9 aromatic carbocycles. The first-order valence-electron chi connectivity index (χ1n) is 19.5. The molecule has 0 saturated heterocycles. The number of fused-ring (bicyclic) bond motifs is 4. The molecule has 6 nitrogen and oxygen atoms in total. The maximum absolute atomic E-state index is 6.60. The van der Waals surface area contributed by atoms with Crippen molar-refractivity contribution in [3.63, 3.8) is 0 Å². The molecule has 286 valence electrons. The van der Waals surface area contributed by atoms with Crippen molar-refractivity contribution in [3.05, 3.63) is 169 Å². The molecule has 0 aromatic heterocycles. The highest BCUT2D eigenvalue weighted by Crippen LogP contribution is 2.50. The Morgan fingerprint density at radius 2 is 0.707 bits per heavy atom. The Balaban J connectivity index is 1.23.